The van der Waals surface area contributed by atoms with Crippen molar-refractivity contribution >= 4 is 15.7 Å². The van der Waals surface area contributed by atoms with Crippen molar-refractivity contribution in [2.24, 2.45) is 5.73 Å². The van der Waals surface area contributed by atoms with Gasteiger partial charge in [-0.05, 0) is 19.9 Å². The zero-order valence-corrected chi connectivity index (χ0v) is 8.73. The third kappa shape index (κ3) is 7.73. The second kappa shape index (κ2) is 5.18. The molecule has 3 N–H and O–H groups in total. The fraction of sp³-hybridized carbons (Fsp3) is 0.857. The third-order valence-corrected chi connectivity index (χ3v) is 2.19. The summed E-state index contributed by atoms with van der Waals surface area (Å²) in [7, 11) is -3.23. The van der Waals surface area contributed by atoms with Gasteiger partial charge in [0, 0.05) is 12.3 Å². The van der Waals surface area contributed by atoms with Crippen LogP contribution in [0.2, 0.25) is 0 Å². The van der Waals surface area contributed by atoms with E-state index in [1.165, 1.54) is 0 Å². The number of nitrogens with two attached hydrogens (primary N) is 1. The molecule has 1 atom stereocenters. The molecule has 78 valence electrons. The largest absolute Gasteiger partial charge is 0.353 e. The fourth-order valence-corrected chi connectivity index (χ4v) is 1.44. The van der Waals surface area contributed by atoms with Gasteiger partial charge >= 0.3 is 0 Å². The highest BCUT2D eigenvalue weighted by Crippen LogP contribution is 1.89. The van der Waals surface area contributed by atoms with Crippen LogP contribution in [-0.2, 0) is 14.6 Å². The molecule has 6 heteroatoms. The number of amides is 1. The van der Waals surface area contributed by atoms with Crippen LogP contribution in [0, 0.1) is 0 Å². The summed E-state index contributed by atoms with van der Waals surface area (Å²) in [5.74, 6) is -0.925. The summed E-state index contributed by atoms with van der Waals surface area (Å²) >= 11 is 0. The van der Waals surface area contributed by atoms with Crippen molar-refractivity contribution in [2.75, 3.05) is 18.6 Å². The van der Waals surface area contributed by atoms with Crippen LogP contribution in [0.5, 0.6) is 0 Å². The van der Waals surface area contributed by atoms with Gasteiger partial charge in [0.15, 0.2) is 9.84 Å². The average Bonchev–Trinajstić information content (AvgIpc) is 1.81. The number of carbonyl (C=O) groups is 1. The molecule has 0 radical (unpaired) electrons. The van der Waals surface area contributed by atoms with Gasteiger partial charge in [0.1, 0.15) is 5.75 Å². The molecule has 0 bridgehead atoms. The molecule has 0 saturated heterocycles. The van der Waals surface area contributed by atoms with Crippen molar-refractivity contribution < 1.29 is 13.2 Å². The van der Waals surface area contributed by atoms with E-state index in [-0.39, 0.29) is 6.04 Å². The Balaban J connectivity index is 3.88. The van der Waals surface area contributed by atoms with Gasteiger partial charge in [-0.15, -0.1) is 0 Å². The molecule has 0 heterocycles. The predicted octanol–water partition coefficient (Wildman–Crippen LogP) is -1.12. The molecule has 0 spiro atoms. The van der Waals surface area contributed by atoms with Crippen molar-refractivity contribution in [3.63, 3.8) is 0 Å². The minimum Gasteiger partial charge on any atom is -0.353 e. The van der Waals surface area contributed by atoms with Gasteiger partial charge in [-0.2, -0.15) is 0 Å². The van der Waals surface area contributed by atoms with E-state index in [0.717, 1.165) is 6.26 Å². The van der Waals surface area contributed by atoms with E-state index in [1.54, 1.807) is 6.92 Å². The first-order valence-corrected chi connectivity index (χ1v) is 6.08. The number of hydrogen-bond donors (Lipinski definition) is 2. The van der Waals surface area contributed by atoms with E-state index >= 15 is 0 Å². The normalized spacial score (nSPS) is 13.8. The molecule has 0 aliphatic carbocycles. The Morgan fingerprint density at radius 2 is 2.08 bits per heavy atom. The Bertz CT molecular complexity index is 261. The molecule has 5 nitrogen and oxygen atoms in total. The summed E-state index contributed by atoms with van der Waals surface area (Å²) in [6, 6.07) is -0.0701. The summed E-state index contributed by atoms with van der Waals surface area (Å²) in [6.07, 6.45) is 1.68. The van der Waals surface area contributed by atoms with E-state index < -0.39 is 21.5 Å². The summed E-state index contributed by atoms with van der Waals surface area (Å²) in [5, 5.41) is 2.54. The standard InChI is InChI=1S/C7H16N2O3S/c1-6(3-4-8)9-7(10)5-13(2,11)12/h6H,3-5,8H2,1-2H3,(H,9,10). The van der Waals surface area contributed by atoms with Gasteiger partial charge in [-0.3, -0.25) is 4.79 Å². The summed E-state index contributed by atoms with van der Waals surface area (Å²) in [5.41, 5.74) is 5.26. The summed E-state index contributed by atoms with van der Waals surface area (Å²) in [4.78, 5) is 11.0. The zero-order valence-electron chi connectivity index (χ0n) is 7.91. The highest BCUT2D eigenvalue weighted by Gasteiger charge is 2.12. The van der Waals surface area contributed by atoms with Gasteiger partial charge in [0.05, 0.1) is 0 Å². The van der Waals surface area contributed by atoms with Crippen LogP contribution in [-0.4, -0.2) is 38.9 Å². The second-order valence-corrected chi connectivity index (χ2v) is 5.26. The van der Waals surface area contributed by atoms with Gasteiger partial charge < -0.3 is 11.1 Å². The van der Waals surface area contributed by atoms with Crippen LogP contribution in [0.4, 0.5) is 0 Å². The monoisotopic (exact) mass is 208 g/mol. The summed E-state index contributed by atoms with van der Waals surface area (Å²) in [6.45, 7) is 2.26. The van der Waals surface area contributed by atoms with Crippen LogP contribution in [0.1, 0.15) is 13.3 Å². The minimum absolute atomic E-state index is 0.0701. The Morgan fingerprint density at radius 1 is 1.54 bits per heavy atom. The number of nitrogens with one attached hydrogen (secondary N) is 1. The lowest BCUT2D eigenvalue weighted by molar-refractivity contribution is -0.119. The predicted molar refractivity (Wildman–Crippen MR) is 51.0 cm³/mol. The molecule has 13 heavy (non-hydrogen) atoms. The first kappa shape index (κ1) is 12.4. The maximum absolute atomic E-state index is 11.0. The Hall–Kier alpha value is -0.620. The number of hydrogen-bond acceptors (Lipinski definition) is 4. The lowest BCUT2D eigenvalue weighted by atomic mass is 10.2. The van der Waals surface area contributed by atoms with E-state index in [0.29, 0.717) is 13.0 Å². The number of rotatable bonds is 5. The average molecular weight is 208 g/mol. The van der Waals surface area contributed by atoms with E-state index in [2.05, 4.69) is 5.32 Å². The second-order valence-electron chi connectivity index (χ2n) is 3.12. The number of sulfone groups is 1. The van der Waals surface area contributed by atoms with Crippen molar-refractivity contribution in [3.8, 4) is 0 Å². The highest BCUT2D eigenvalue weighted by molar-refractivity contribution is 7.91. The van der Waals surface area contributed by atoms with Crippen LogP contribution in [0.3, 0.4) is 0 Å². The Morgan fingerprint density at radius 3 is 2.46 bits per heavy atom. The van der Waals surface area contributed by atoms with Crippen molar-refractivity contribution in [2.45, 2.75) is 19.4 Å². The Labute approximate surface area is 78.6 Å². The van der Waals surface area contributed by atoms with Crippen molar-refractivity contribution in [1.29, 1.82) is 0 Å². The number of carbonyl (C=O) groups excluding carboxylic acids is 1. The van der Waals surface area contributed by atoms with E-state index in [9.17, 15) is 13.2 Å². The molecule has 0 aromatic heterocycles. The lowest BCUT2D eigenvalue weighted by Gasteiger charge is -2.11. The molecule has 0 aromatic carbocycles. The molecule has 0 aromatic rings. The smallest absolute Gasteiger partial charge is 0.235 e. The van der Waals surface area contributed by atoms with Gasteiger partial charge in [0.2, 0.25) is 5.91 Å². The third-order valence-electron chi connectivity index (χ3n) is 1.40. The maximum Gasteiger partial charge on any atom is 0.235 e. The molecule has 1 unspecified atom stereocenters. The summed E-state index contributed by atoms with van der Waals surface area (Å²) < 4.78 is 21.4. The first-order valence-electron chi connectivity index (χ1n) is 4.02. The quantitative estimate of drug-likeness (QED) is 0.599. The Kier molecular flexibility index (Phi) is 4.94. The zero-order chi connectivity index (χ0) is 10.5. The van der Waals surface area contributed by atoms with Gasteiger partial charge in [-0.25, -0.2) is 8.42 Å². The highest BCUT2D eigenvalue weighted by atomic mass is 32.2. The van der Waals surface area contributed by atoms with E-state index in [1.807, 2.05) is 0 Å². The van der Waals surface area contributed by atoms with E-state index in [4.69, 9.17) is 5.73 Å². The van der Waals surface area contributed by atoms with Crippen LogP contribution in [0.15, 0.2) is 0 Å². The van der Waals surface area contributed by atoms with Crippen molar-refractivity contribution in [1.82, 2.24) is 5.32 Å². The molecule has 0 rings (SSSR count). The first-order chi connectivity index (χ1) is 5.85. The molecular weight excluding hydrogens is 192 g/mol. The molecule has 0 fully saturated rings. The minimum atomic E-state index is -3.23. The lowest BCUT2D eigenvalue weighted by Crippen LogP contribution is -2.37. The molecule has 1 amide bonds. The van der Waals surface area contributed by atoms with Crippen molar-refractivity contribution in [3.05, 3.63) is 0 Å². The molecule has 0 aliphatic heterocycles. The van der Waals surface area contributed by atoms with Crippen LogP contribution < -0.4 is 11.1 Å². The molecular formula is C7H16N2O3S. The van der Waals surface area contributed by atoms with Gasteiger partial charge in [-0.1, -0.05) is 0 Å². The van der Waals surface area contributed by atoms with Gasteiger partial charge in [0.25, 0.3) is 0 Å². The molecule has 0 saturated carbocycles. The maximum atomic E-state index is 11.0. The topological polar surface area (TPSA) is 89.3 Å². The SMILES string of the molecule is CC(CCN)NC(=O)CS(C)(=O)=O. The molecule has 0 aliphatic rings. The fourth-order valence-electron chi connectivity index (χ4n) is 0.877. The van der Waals surface area contributed by atoms with Crippen LogP contribution in [0.25, 0.3) is 0 Å². The van der Waals surface area contributed by atoms with Crippen LogP contribution >= 0.6 is 0 Å².